The molecule has 2 N–H and O–H groups in total. The van der Waals surface area contributed by atoms with Crippen LogP contribution in [0.1, 0.15) is 5.69 Å². The summed E-state index contributed by atoms with van der Waals surface area (Å²) in [6.07, 6.45) is 1.86. The molecule has 3 heterocycles. The third-order valence-electron chi connectivity index (χ3n) is 2.40. The van der Waals surface area contributed by atoms with Crippen molar-refractivity contribution in [3.8, 4) is 10.6 Å². The van der Waals surface area contributed by atoms with Gasteiger partial charge in [0.25, 0.3) is 0 Å². The number of rotatable bonds is 2. The molecule has 0 radical (unpaired) electrons. The number of hydrogen-bond acceptors (Lipinski definition) is 4. The number of nitrogens with zero attached hydrogens (tertiary/aromatic N) is 3. The summed E-state index contributed by atoms with van der Waals surface area (Å²) in [7, 11) is 0. The van der Waals surface area contributed by atoms with Crippen molar-refractivity contribution in [2.45, 2.75) is 6.54 Å². The maximum Gasteiger partial charge on any atom is 0.153 e. The van der Waals surface area contributed by atoms with Crippen LogP contribution < -0.4 is 5.73 Å². The summed E-state index contributed by atoms with van der Waals surface area (Å²) in [5.74, 6) is 0. The topological polar surface area (TPSA) is 56.2 Å². The zero-order valence-corrected chi connectivity index (χ0v) is 11.2. The number of fused-ring (bicyclic) bond motifs is 1. The normalized spacial score (nSPS) is 11.2. The van der Waals surface area contributed by atoms with E-state index in [9.17, 15) is 0 Å². The first-order valence-corrected chi connectivity index (χ1v) is 6.73. The lowest BCUT2D eigenvalue weighted by molar-refractivity contribution is 0.936. The van der Waals surface area contributed by atoms with Crippen molar-refractivity contribution in [2.75, 3.05) is 0 Å². The molecule has 0 aliphatic carbocycles. The maximum absolute atomic E-state index is 5.56. The van der Waals surface area contributed by atoms with Gasteiger partial charge in [-0.3, -0.25) is 0 Å². The SMILES string of the molecule is NCc1cn2nc(-c3cc(Br)cs3)ccc2n1. The van der Waals surface area contributed by atoms with Crippen LogP contribution >= 0.6 is 27.3 Å². The van der Waals surface area contributed by atoms with E-state index in [0.29, 0.717) is 6.54 Å². The van der Waals surface area contributed by atoms with Gasteiger partial charge in [-0.25, -0.2) is 9.50 Å². The molecule has 6 heteroatoms. The number of nitrogens with two attached hydrogens (primary N) is 1. The lowest BCUT2D eigenvalue weighted by Crippen LogP contribution is -1.95. The smallest absolute Gasteiger partial charge is 0.153 e. The zero-order valence-electron chi connectivity index (χ0n) is 8.80. The van der Waals surface area contributed by atoms with E-state index < -0.39 is 0 Å². The van der Waals surface area contributed by atoms with E-state index >= 15 is 0 Å². The van der Waals surface area contributed by atoms with Crippen molar-refractivity contribution < 1.29 is 0 Å². The third-order valence-corrected chi connectivity index (χ3v) is 4.11. The molecule has 0 fully saturated rings. The van der Waals surface area contributed by atoms with E-state index in [1.165, 1.54) is 0 Å². The first kappa shape index (κ1) is 10.9. The monoisotopic (exact) mass is 308 g/mol. The van der Waals surface area contributed by atoms with Crippen LogP contribution in [0.4, 0.5) is 0 Å². The maximum atomic E-state index is 5.56. The molecule has 0 amide bonds. The van der Waals surface area contributed by atoms with E-state index in [1.807, 2.05) is 23.7 Å². The fraction of sp³-hybridized carbons (Fsp3) is 0.0909. The van der Waals surface area contributed by atoms with Gasteiger partial charge < -0.3 is 5.73 Å². The molecule has 0 bridgehead atoms. The Morgan fingerprint density at radius 3 is 3.00 bits per heavy atom. The minimum absolute atomic E-state index is 0.434. The summed E-state index contributed by atoms with van der Waals surface area (Å²) in [4.78, 5) is 5.47. The molecule has 4 nitrogen and oxygen atoms in total. The van der Waals surface area contributed by atoms with Gasteiger partial charge in [-0.15, -0.1) is 11.3 Å². The average molecular weight is 309 g/mol. The standard InChI is InChI=1S/C11H9BrN4S/c12-7-3-10(17-6-7)9-1-2-11-14-8(4-13)5-16(11)15-9/h1-3,5-6H,4,13H2. The Morgan fingerprint density at radius 1 is 1.41 bits per heavy atom. The van der Waals surface area contributed by atoms with Gasteiger partial charge >= 0.3 is 0 Å². The highest BCUT2D eigenvalue weighted by atomic mass is 79.9. The van der Waals surface area contributed by atoms with Crippen molar-refractivity contribution in [2.24, 2.45) is 5.73 Å². The summed E-state index contributed by atoms with van der Waals surface area (Å²) >= 11 is 5.10. The quantitative estimate of drug-likeness (QED) is 0.792. The molecule has 0 saturated carbocycles. The summed E-state index contributed by atoms with van der Waals surface area (Å²) in [5, 5.41) is 6.56. The number of imidazole rings is 1. The molecule has 0 aromatic carbocycles. The molecular weight excluding hydrogens is 300 g/mol. The first-order chi connectivity index (χ1) is 8.26. The molecule has 0 unspecified atom stereocenters. The second kappa shape index (κ2) is 4.21. The molecule has 0 aliphatic heterocycles. The van der Waals surface area contributed by atoms with Crippen LogP contribution in [0.2, 0.25) is 0 Å². The number of halogens is 1. The fourth-order valence-corrected chi connectivity index (χ4v) is 3.00. The summed E-state index contributed by atoms with van der Waals surface area (Å²) in [6, 6.07) is 5.98. The van der Waals surface area contributed by atoms with Crippen molar-refractivity contribution in [1.29, 1.82) is 0 Å². The predicted octanol–water partition coefficient (Wildman–Crippen LogP) is 2.68. The van der Waals surface area contributed by atoms with Gasteiger partial charge in [0.05, 0.1) is 16.8 Å². The van der Waals surface area contributed by atoms with Crippen LogP contribution in [0, 0.1) is 0 Å². The molecule has 0 aliphatic rings. The zero-order chi connectivity index (χ0) is 11.8. The number of aromatic nitrogens is 3. The van der Waals surface area contributed by atoms with Gasteiger partial charge in [0.15, 0.2) is 5.65 Å². The van der Waals surface area contributed by atoms with Crippen LogP contribution in [0.5, 0.6) is 0 Å². The largest absolute Gasteiger partial charge is 0.325 e. The van der Waals surface area contributed by atoms with E-state index in [1.54, 1.807) is 15.9 Å². The van der Waals surface area contributed by atoms with Gasteiger partial charge in [0.2, 0.25) is 0 Å². The Labute approximate surface area is 110 Å². The molecule has 0 spiro atoms. The van der Waals surface area contributed by atoms with E-state index in [4.69, 9.17) is 5.73 Å². The Bertz CT molecular complexity index is 673. The number of thiophene rings is 1. The van der Waals surface area contributed by atoms with E-state index in [0.717, 1.165) is 26.4 Å². The number of hydrogen-bond donors (Lipinski definition) is 1. The van der Waals surface area contributed by atoms with E-state index in [2.05, 4.69) is 32.1 Å². The highest BCUT2D eigenvalue weighted by Crippen LogP contribution is 2.28. The molecule has 86 valence electrons. The van der Waals surface area contributed by atoms with Crippen molar-refractivity contribution in [3.05, 3.63) is 39.9 Å². The molecule has 0 saturated heterocycles. The van der Waals surface area contributed by atoms with Crippen molar-refractivity contribution in [1.82, 2.24) is 14.6 Å². The van der Waals surface area contributed by atoms with Gasteiger partial charge in [0, 0.05) is 16.4 Å². The predicted molar refractivity (Wildman–Crippen MR) is 71.9 cm³/mol. The Balaban J connectivity index is 2.12. The van der Waals surface area contributed by atoms with Gasteiger partial charge in [0.1, 0.15) is 5.69 Å². The highest BCUT2D eigenvalue weighted by molar-refractivity contribution is 9.10. The first-order valence-electron chi connectivity index (χ1n) is 5.06. The Kier molecular flexibility index (Phi) is 2.70. The summed E-state index contributed by atoms with van der Waals surface area (Å²) < 4.78 is 2.85. The van der Waals surface area contributed by atoms with E-state index in [-0.39, 0.29) is 0 Å². The summed E-state index contributed by atoms with van der Waals surface area (Å²) in [5.41, 5.74) is 8.17. The lowest BCUT2D eigenvalue weighted by Gasteiger charge is -1.97. The lowest BCUT2D eigenvalue weighted by atomic mass is 10.3. The van der Waals surface area contributed by atoms with Gasteiger partial charge in [-0.05, 0) is 34.1 Å². The van der Waals surface area contributed by atoms with Crippen LogP contribution in [0.15, 0.2) is 34.2 Å². The fourth-order valence-electron chi connectivity index (χ4n) is 1.61. The summed E-state index contributed by atoms with van der Waals surface area (Å²) in [6.45, 7) is 0.434. The molecule has 0 atom stereocenters. The molecule has 3 rings (SSSR count). The van der Waals surface area contributed by atoms with Crippen LogP contribution in [-0.2, 0) is 6.54 Å². The second-order valence-corrected chi connectivity index (χ2v) is 5.41. The minimum Gasteiger partial charge on any atom is -0.325 e. The van der Waals surface area contributed by atoms with Crippen LogP contribution in [-0.4, -0.2) is 14.6 Å². The van der Waals surface area contributed by atoms with Gasteiger partial charge in [-0.2, -0.15) is 5.10 Å². The van der Waals surface area contributed by atoms with Crippen molar-refractivity contribution in [3.63, 3.8) is 0 Å². The molecule has 17 heavy (non-hydrogen) atoms. The molecule has 3 aromatic heterocycles. The molecular formula is C11H9BrN4S. The van der Waals surface area contributed by atoms with Crippen LogP contribution in [0.25, 0.3) is 16.2 Å². The minimum atomic E-state index is 0.434. The molecule has 3 aromatic rings. The Morgan fingerprint density at radius 2 is 2.29 bits per heavy atom. The second-order valence-electron chi connectivity index (χ2n) is 3.59. The van der Waals surface area contributed by atoms with Gasteiger partial charge in [-0.1, -0.05) is 0 Å². The van der Waals surface area contributed by atoms with Crippen LogP contribution in [0.3, 0.4) is 0 Å². The average Bonchev–Trinajstić information content (AvgIpc) is 2.93. The third kappa shape index (κ3) is 1.99. The Hall–Kier alpha value is -1.24. The highest BCUT2D eigenvalue weighted by Gasteiger charge is 2.06. The van der Waals surface area contributed by atoms with Crippen molar-refractivity contribution >= 4 is 32.9 Å².